The Hall–Kier alpha value is -2.93. The molecule has 2 aromatic carbocycles. The topological polar surface area (TPSA) is 84.9 Å². The molecule has 0 bridgehead atoms. The lowest BCUT2D eigenvalue weighted by atomic mass is 9.74. The minimum Gasteiger partial charge on any atom is -0.482 e. The molecule has 28 heavy (non-hydrogen) atoms. The Morgan fingerprint density at radius 1 is 1.14 bits per heavy atom. The van der Waals surface area contributed by atoms with Gasteiger partial charge >= 0.3 is 5.97 Å². The van der Waals surface area contributed by atoms with Crippen LogP contribution in [0.5, 0.6) is 5.75 Å². The fourth-order valence-corrected chi connectivity index (χ4v) is 3.36. The molecule has 1 heterocycles. The van der Waals surface area contributed by atoms with E-state index in [1.54, 1.807) is 30.3 Å². The number of aliphatic carboxylic acids is 1. The minimum absolute atomic E-state index is 0.284. The molecule has 0 aromatic heterocycles. The third-order valence-electron chi connectivity index (χ3n) is 4.95. The maximum Gasteiger partial charge on any atom is 0.341 e. The van der Waals surface area contributed by atoms with Gasteiger partial charge in [0.25, 0.3) is 5.91 Å². The lowest BCUT2D eigenvalue weighted by Gasteiger charge is -2.38. The Morgan fingerprint density at radius 3 is 2.54 bits per heavy atom. The van der Waals surface area contributed by atoms with Crippen molar-refractivity contribution in [2.24, 2.45) is 0 Å². The maximum absolute atomic E-state index is 13.3. The third-order valence-corrected chi connectivity index (χ3v) is 4.95. The fourth-order valence-electron chi connectivity index (χ4n) is 3.36. The summed E-state index contributed by atoms with van der Waals surface area (Å²) in [5, 5.41) is 11.7. The zero-order chi connectivity index (χ0) is 20.0. The number of rotatable bonds is 7. The highest BCUT2D eigenvalue weighted by atomic mass is 19.1. The van der Waals surface area contributed by atoms with Gasteiger partial charge in [0.2, 0.25) is 0 Å². The van der Waals surface area contributed by atoms with E-state index in [-0.39, 0.29) is 17.1 Å². The summed E-state index contributed by atoms with van der Waals surface area (Å²) in [6.45, 7) is 1.07. The highest BCUT2D eigenvalue weighted by Gasteiger charge is 2.35. The largest absolute Gasteiger partial charge is 0.482 e. The van der Waals surface area contributed by atoms with Crippen molar-refractivity contribution in [3.05, 3.63) is 65.5 Å². The summed E-state index contributed by atoms with van der Waals surface area (Å²) >= 11 is 0. The van der Waals surface area contributed by atoms with Gasteiger partial charge in [-0.1, -0.05) is 18.2 Å². The average Bonchev–Trinajstić information content (AvgIpc) is 2.72. The second-order valence-corrected chi connectivity index (χ2v) is 6.79. The van der Waals surface area contributed by atoms with Crippen LogP contribution >= 0.6 is 0 Å². The van der Waals surface area contributed by atoms with Crippen molar-refractivity contribution in [3.63, 3.8) is 0 Å². The summed E-state index contributed by atoms with van der Waals surface area (Å²) in [5.74, 6) is -1.35. The summed E-state index contributed by atoms with van der Waals surface area (Å²) in [6.07, 6.45) is 1.45. The number of carboxylic acids is 1. The van der Waals surface area contributed by atoms with Crippen molar-refractivity contribution in [2.45, 2.75) is 18.3 Å². The Bertz CT molecular complexity index is 831. The Balaban J connectivity index is 1.71. The van der Waals surface area contributed by atoms with Gasteiger partial charge in [0.1, 0.15) is 11.6 Å². The first kappa shape index (κ1) is 19.8. The lowest BCUT2D eigenvalue weighted by molar-refractivity contribution is -0.139. The van der Waals surface area contributed by atoms with Crippen molar-refractivity contribution in [2.75, 3.05) is 26.4 Å². The molecule has 1 amide bonds. The zero-order valence-corrected chi connectivity index (χ0v) is 15.3. The van der Waals surface area contributed by atoms with Gasteiger partial charge in [0, 0.05) is 30.7 Å². The van der Waals surface area contributed by atoms with Gasteiger partial charge < -0.3 is 19.9 Å². The zero-order valence-electron chi connectivity index (χ0n) is 15.3. The predicted octanol–water partition coefficient (Wildman–Crippen LogP) is 2.77. The molecule has 0 unspecified atom stereocenters. The summed E-state index contributed by atoms with van der Waals surface area (Å²) < 4.78 is 23.9. The molecule has 1 aliphatic rings. The molecule has 3 rings (SSSR count). The molecule has 148 valence electrons. The molecule has 1 fully saturated rings. The van der Waals surface area contributed by atoms with Crippen LogP contribution < -0.4 is 10.1 Å². The first-order valence-corrected chi connectivity index (χ1v) is 9.05. The first-order valence-electron chi connectivity index (χ1n) is 9.05. The number of halogens is 1. The van der Waals surface area contributed by atoms with Gasteiger partial charge in [-0.25, -0.2) is 9.18 Å². The summed E-state index contributed by atoms with van der Waals surface area (Å²) in [7, 11) is 0. The Morgan fingerprint density at radius 2 is 1.86 bits per heavy atom. The molecule has 0 aliphatic carbocycles. The molecular weight excluding hydrogens is 365 g/mol. The van der Waals surface area contributed by atoms with E-state index in [2.05, 4.69) is 5.32 Å². The van der Waals surface area contributed by atoms with E-state index < -0.39 is 12.6 Å². The van der Waals surface area contributed by atoms with E-state index in [0.717, 1.165) is 18.4 Å². The van der Waals surface area contributed by atoms with Gasteiger partial charge in [-0.15, -0.1) is 0 Å². The van der Waals surface area contributed by atoms with Crippen molar-refractivity contribution in [3.8, 4) is 5.75 Å². The predicted molar refractivity (Wildman–Crippen MR) is 100 cm³/mol. The standard InChI is InChI=1S/C21H22FNO5/c22-17-6-4-16(5-7-17)21(8-10-27-11-9-21)14-23-20(26)15-2-1-3-18(12-15)28-13-19(24)25/h1-7,12H,8-11,13-14H2,(H,23,26)(H,24,25). The molecule has 0 spiro atoms. The number of hydrogen-bond donors (Lipinski definition) is 2. The van der Waals surface area contributed by atoms with Crippen LogP contribution in [0.15, 0.2) is 48.5 Å². The Kier molecular flexibility index (Phi) is 6.26. The van der Waals surface area contributed by atoms with Crippen molar-refractivity contribution >= 4 is 11.9 Å². The highest BCUT2D eigenvalue weighted by molar-refractivity contribution is 5.94. The van der Waals surface area contributed by atoms with Gasteiger partial charge in [-0.3, -0.25) is 4.79 Å². The van der Waals surface area contributed by atoms with Crippen LogP contribution in [0.2, 0.25) is 0 Å². The van der Waals surface area contributed by atoms with E-state index in [0.29, 0.717) is 31.1 Å². The van der Waals surface area contributed by atoms with E-state index in [1.807, 2.05) is 0 Å². The molecular formula is C21H22FNO5. The lowest BCUT2D eigenvalue weighted by Crippen LogP contribution is -2.44. The number of carbonyl (C=O) groups is 2. The number of ether oxygens (including phenoxy) is 2. The summed E-state index contributed by atoms with van der Waals surface area (Å²) in [4.78, 5) is 23.3. The second kappa shape index (κ2) is 8.84. The van der Waals surface area contributed by atoms with E-state index in [4.69, 9.17) is 14.6 Å². The van der Waals surface area contributed by atoms with Crippen LogP contribution in [-0.2, 0) is 14.9 Å². The van der Waals surface area contributed by atoms with Gasteiger partial charge in [0.15, 0.2) is 6.61 Å². The molecule has 1 saturated heterocycles. The third kappa shape index (κ3) is 4.86. The first-order chi connectivity index (χ1) is 13.5. The SMILES string of the molecule is O=C(O)COc1cccc(C(=O)NCC2(c3ccc(F)cc3)CCOCC2)c1. The Labute approximate surface area is 162 Å². The van der Waals surface area contributed by atoms with Crippen LogP contribution in [-0.4, -0.2) is 43.3 Å². The van der Waals surface area contributed by atoms with Crippen LogP contribution in [0.1, 0.15) is 28.8 Å². The van der Waals surface area contributed by atoms with Crippen LogP contribution in [0.25, 0.3) is 0 Å². The van der Waals surface area contributed by atoms with Crippen molar-refractivity contribution in [1.82, 2.24) is 5.32 Å². The molecule has 0 atom stereocenters. The number of carbonyl (C=O) groups excluding carboxylic acids is 1. The molecule has 7 heteroatoms. The molecule has 6 nitrogen and oxygen atoms in total. The van der Waals surface area contributed by atoms with Crippen LogP contribution in [0.4, 0.5) is 4.39 Å². The van der Waals surface area contributed by atoms with Gasteiger partial charge in [0.05, 0.1) is 0 Å². The van der Waals surface area contributed by atoms with E-state index >= 15 is 0 Å². The van der Waals surface area contributed by atoms with E-state index in [1.165, 1.54) is 18.2 Å². The fraction of sp³-hybridized carbons (Fsp3) is 0.333. The minimum atomic E-state index is -1.09. The van der Waals surface area contributed by atoms with Gasteiger partial charge in [-0.2, -0.15) is 0 Å². The van der Waals surface area contributed by atoms with Crippen molar-refractivity contribution in [1.29, 1.82) is 0 Å². The number of nitrogens with one attached hydrogen (secondary N) is 1. The summed E-state index contributed by atoms with van der Waals surface area (Å²) in [5.41, 5.74) is 1.03. The second-order valence-electron chi connectivity index (χ2n) is 6.79. The quantitative estimate of drug-likeness (QED) is 0.763. The number of benzene rings is 2. The van der Waals surface area contributed by atoms with Crippen molar-refractivity contribution < 1.29 is 28.6 Å². The van der Waals surface area contributed by atoms with E-state index in [9.17, 15) is 14.0 Å². The molecule has 2 aromatic rings. The molecule has 2 N–H and O–H groups in total. The maximum atomic E-state index is 13.3. The number of carboxylic acid groups (broad SMARTS) is 1. The monoisotopic (exact) mass is 387 g/mol. The summed E-state index contributed by atoms with van der Waals surface area (Å²) in [6, 6.07) is 12.7. The van der Waals surface area contributed by atoms with Crippen LogP contribution in [0.3, 0.4) is 0 Å². The van der Waals surface area contributed by atoms with Gasteiger partial charge in [-0.05, 0) is 48.7 Å². The molecule has 1 aliphatic heterocycles. The van der Waals surface area contributed by atoms with Crippen LogP contribution in [0, 0.1) is 5.82 Å². The molecule has 0 saturated carbocycles. The smallest absolute Gasteiger partial charge is 0.341 e. The normalized spacial score (nSPS) is 15.6. The number of hydrogen-bond acceptors (Lipinski definition) is 4. The average molecular weight is 387 g/mol. The number of amides is 1. The highest BCUT2D eigenvalue weighted by Crippen LogP contribution is 2.34. The molecule has 0 radical (unpaired) electrons.